The van der Waals surface area contributed by atoms with Crippen molar-refractivity contribution in [2.45, 2.75) is 13.0 Å². The average molecular weight is 278 g/mol. The lowest BCUT2D eigenvalue weighted by molar-refractivity contribution is -0.384. The van der Waals surface area contributed by atoms with Gasteiger partial charge in [0.05, 0.1) is 15.1 Å². The second-order valence-corrected chi connectivity index (χ2v) is 5.66. The van der Waals surface area contributed by atoms with Crippen LogP contribution >= 0.6 is 11.3 Å². The minimum Gasteiger partial charge on any atom is -0.343 e. The third-order valence-corrected chi connectivity index (χ3v) is 4.39. The van der Waals surface area contributed by atoms with E-state index in [1.54, 1.807) is 23.5 Å². The van der Waals surface area contributed by atoms with E-state index in [4.69, 9.17) is 0 Å². The second kappa shape index (κ2) is 4.75. The summed E-state index contributed by atoms with van der Waals surface area (Å²) in [6.45, 7) is 4.96. The van der Waals surface area contributed by atoms with Gasteiger partial charge in [0.1, 0.15) is 0 Å². The summed E-state index contributed by atoms with van der Waals surface area (Å²) >= 11 is 1.59. The van der Waals surface area contributed by atoms with Crippen LogP contribution in [-0.2, 0) is 0 Å². The zero-order valence-corrected chi connectivity index (χ0v) is 11.3. The monoisotopic (exact) mass is 278 g/mol. The maximum Gasteiger partial charge on any atom is 0.271 e. The first-order valence-electron chi connectivity index (χ1n) is 6.17. The van der Waals surface area contributed by atoms with Crippen molar-refractivity contribution in [3.63, 3.8) is 0 Å². The molecule has 0 unspecified atom stereocenters. The zero-order chi connectivity index (χ0) is 13.4. The summed E-state index contributed by atoms with van der Waals surface area (Å²) in [5, 5.41) is 15.1. The molecular weight excluding hydrogens is 264 g/mol. The smallest absolute Gasteiger partial charge is 0.271 e. The van der Waals surface area contributed by atoms with Gasteiger partial charge in [-0.2, -0.15) is 0 Å². The molecule has 0 spiro atoms. The third kappa shape index (κ3) is 2.26. The third-order valence-electron chi connectivity index (χ3n) is 3.32. The number of aromatic nitrogens is 1. The molecule has 1 fully saturated rings. The van der Waals surface area contributed by atoms with Crippen LogP contribution in [-0.4, -0.2) is 35.6 Å². The Morgan fingerprint density at radius 2 is 2.42 bits per heavy atom. The number of anilines is 1. The van der Waals surface area contributed by atoms with Crippen LogP contribution in [0.4, 0.5) is 10.8 Å². The van der Waals surface area contributed by atoms with Crippen molar-refractivity contribution in [1.29, 1.82) is 0 Å². The van der Waals surface area contributed by atoms with Crippen molar-refractivity contribution < 1.29 is 4.92 Å². The predicted molar refractivity (Wildman–Crippen MR) is 76.0 cm³/mol. The number of nitrogens with zero attached hydrogens (tertiary/aromatic N) is 3. The lowest BCUT2D eigenvalue weighted by Crippen LogP contribution is -2.49. The van der Waals surface area contributed by atoms with Gasteiger partial charge in [0.25, 0.3) is 5.69 Å². The molecule has 0 bridgehead atoms. The Morgan fingerprint density at radius 3 is 3.16 bits per heavy atom. The molecule has 3 rings (SSSR count). The number of non-ortho nitro benzene ring substituents is 1. The minimum absolute atomic E-state index is 0.0951. The second-order valence-electron chi connectivity index (χ2n) is 4.65. The van der Waals surface area contributed by atoms with Gasteiger partial charge in [-0.3, -0.25) is 10.1 Å². The SMILES string of the molecule is C[C@@H]1CNCCN1c1nc2cc([N+](=O)[O-])ccc2s1. The molecule has 1 aliphatic heterocycles. The Labute approximate surface area is 114 Å². The molecule has 1 aromatic carbocycles. The first-order valence-corrected chi connectivity index (χ1v) is 6.99. The van der Waals surface area contributed by atoms with Crippen LogP contribution in [0.5, 0.6) is 0 Å². The summed E-state index contributed by atoms with van der Waals surface area (Å²) in [5.74, 6) is 0. The number of nitro benzene ring substituents is 1. The molecule has 19 heavy (non-hydrogen) atoms. The quantitative estimate of drug-likeness (QED) is 0.672. The van der Waals surface area contributed by atoms with E-state index in [1.807, 2.05) is 0 Å². The fourth-order valence-corrected chi connectivity index (χ4v) is 3.34. The van der Waals surface area contributed by atoms with Crippen LogP contribution in [0, 0.1) is 10.1 Å². The summed E-state index contributed by atoms with van der Waals surface area (Å²) < 4.78 is 0.992. The number of hydrogen-bond donors (Lipinski definition) is 1. The van der Waals surface area contributed by atoms with Crippen LogP contribution < -0.4 is 10.2 Å². The molecule has 1 N–H and O–H groups in total. The normalized spacial score (nSPS) is 19.8. The first kappa shape index (κ1) is 12.3. The molecule has 1 aromatic heterocycles. The highest BCUT2D eigenvalue weighted by Gasteiger charge is 2.21. The number of rotatable bonds is 2. The molecule has 0 radical (unpaired) electrons. The van der Waals surface area contributed by atoms with Gasteiger partial charge >= 0.3 is 0 Å². The van der Waals surface area contributed by atoms with Gasteiger partial charge in [-0.25, -0.2) is 4.98 Å². The number of nitrogens with one attached hydrogen (secondary N) is 1. The summed E-state index contributed by atoms with van der Waals surface area (Å²) in [6, 6.07) is 5.25. The Morgan fingerprint density at radius 1 is 1.58 bits per heavy atom. The lowest BCUT2D eigenvalue weighted by Gasteiger charge is -2.33. The Kier molecular flexibility index (Phi) is 3.08. The molecule has 6 nitrogen and oxygen atoms in total. The topological polar surface area (TPSA) is 71.3 Å². The summed E-state index contributed by atoms with van der Waals surface area (Å²) in [4.78, 5) is 17.2. The number of fused-ring (bicyclic) bond motifs is 1. The van der Waals surface area contributed by atoms with Crippen molar-refractivity contribution in [1.82, 2.24) is 10.3 Å². The highest BCUT2D eigenvalue weighted by Crippen LogP contribution is 2.32. The van der Waals surface area contributed by atoms with Gasteiger partial charge in [0.2, 0.25) is 0 Å². The molecule has 1 atom stereocenters. The van der Waals surface area contributed by atoms with Crippen LogP contribution in [0.1, 0.15) is 6.92 Å². The largest absolute Gasteiger partial charge is 0.343 e. The Bertz CT molecular complexity index is 627. The predicted octanol–water partition coefficient (Wildman–Crippen LogP) is 2.00. The fourth-order valence-electron chi connectivity index (χ4n) is 2.27. The number of nitro groups is 1. The van der Waals surface area contributed by atoms with Crippen molar-refractivity contribution in [3.8, 4) is 0 Å². The maximum absolute atomic E-state index is 10.8. The van der Waals surface area contributed by atoms with Gasteiger partial charge < -0.3 is 10.2 Å². The molecule has 7 heteroatoms. The molecule has 0 amide bonds. The van der Waals surface area contributed by atoms with Gasteiger partial charge in [-0.1, -0.05) is 11.3 Å². The van der Waals surface area contributed by atoms with Crippen molar-refractivity contribution in [2.24, 2.45) is 0 Å². The van der Waals surface area contributed by atoms with Crippen LogP contribution in [0.3, 0.4) is 0 Å². The van der Waals surface area contributed by atoms with Crippen LogP contribution in [0.25, 0.3) is 10.2 Å². The van der Waals surface area contributed by atoms with E-state index in [0.29, 0.717) is 11.6 Å². The van der Waals surface area contributed by atoms with Gasteiger partial charge in [-0.05, 0) is 13.0 Å². The fraction of sp³-hybridized carbons (Fsp3) is 0.417. The van der Waals surface area contributed by atoms with E-state index in [1.165, 1.54) is 6.07 Å². The van der Waals surface area contributed by atoms with E-state index in [0.717, 1.165) is 29.5 Å². The summed E-state index contributed by atoms with van der Waals surface area (Å²) in [5.41, 5.74) is 0.803. The molecule has 1 aliphatic rings. The molecule has 100 valence electrons. The van der Waals surface area contributed by atoms with Crippen LogP contribution in [0.15, 0.2) is 18.2 Å². The number of piperazine rings is 1. The molecule has 2 heterocycles. The molecule has 0 saturated carbocycles. The van der Waals surface area contributed by atoms with E-state index in [9.17, 15) is 10.1 Å². The zero-order valence-electron chi connectivity index (χ0n) is 10.5. The Hall–Kier alpha value is -1.73. The van der Waals surface area contributed by atoms with Crippen molar-refractivity contribution in [2.75, 3.05) is 24.5 Å². The van der Waals surface area contributed by atoms with Crippen molar-refractivity contribution in [3.05, 3.63) is 28.3 Å². The standard InChI is InChI=1S/C12H14N4O2S/c1-8-7-13-4-5-15(8)12-14-10-6-9(16(17)18)2-3-11(10)19-12/h2-3,6,8,13H,4-5,7H2,1H3/t8-/m1/s1. The molecule has 0 aliphatic carbocycles. The van der Waals surface area contributed by atoms with Crippen molar-refractivity contribution >= 4 is 32.4 Å². The number of hydrogen-bond acceptors (Lipinski definition) is 6. The number of benzene rings is 1. The van der Waals surface area contributed by atoms with E-state index in [2.05, 4.69) is 22.1 Å². The molecule has 2 aromatic rings. The maximum atomic E-state index is 10.8. The minimum atomic E-state index is -0.383. The lowest BCUT2D eigenvalue weighted by atomic mass is 10.2. The molecule has 1 saturated heterocycles. The highest BCUT2D eigenvalue weighted by molar-refractivity contribution is 7.22. The van der Waals surface area contributed by atoms with Gasteiger partial charge in [-0.15, -0.1) is 0 Å². The summed E-state index contributed by atoms with van der Waals surface area (Å²) in [6.07, 6.45) is 0. The summed E-state index contributed by atoms with van der Waals surface area (Å²) in [7, 11) is 0. The number of thiazole rings is 1. The average Bonchev–Trinajstić information content (AvgIpc) is 2.81. The Balaban J connectivity index is 1.99. The first-order chi connectivity index (χ1) is 9.15. The van der Waals surface area contributed by atoms with Crippen LogP contribution in [0.2, 0.25) is 0 Å². The van der Waals surface area contributed by atoms with Gasteiger partial charge in [0, 0.05) is 37.8 Å². The highest BCUT2D eigenvalue weighted by atomic mass is 32.1. The van der Waals surface area contributed by atoms with E-state index < -0.39 is 0 Å². The molecular formula is C12H14N4O2S. The van der Waals surface area contributed by atoms with E-state index >= 15 is 0 Å². The van der Waals surface area contributed by atoms with E-state index in [-0.39, 0.29) is 10.6 Å². The van der Waals surface area contributed by atoms with Gasteiger partial charge in [0.15, 0.2) is 5.13 Å².